The fourth-order valence-corrected chi connectivity index (χ4v) is 2.25. The van der Waals surface area contributed by atoms with Gasteiger partial charge in [-0.2, -0.15) is 5.26 Å². The van der Waals surface area contributed by atoms with Crippen LogP contribution in [0.15, 0.2) is 48.0 Å². The van der Waals surface area contributed by atoms with Gasteiger partial charge in [-0.25, -0.2) is 0 Å². The Labute approximate surface area is 145 Å². The number of nitriles is 1. The van der Waals surface area contributed by atoms with Crippen molar-refractivity contribution in [3.63, 3.8) is 0 Å². The highest BCUT2D eigenvalue weighted by Gasteiger charge is 2.10. The highest BCUT2D eigenvalue weighted by molar-refractivity contribution is 6.42. The molecule has 2 rings (SSSR count). The maximum atomic E-state index is 12.2. The van der Waals surface area contributed by atoms with Gasteiger partial charge in [-0.3, -0.25) is 4.79 Å². The van der Waals surface area contributed by atoms with Crippen LogP contribution >= 0.6 is 23.2 Å². The first kappa shape index (κ1) is 17.1. The van der Waals surface area contributed by atoms with E-state index in [2.05, 4.69) is 12.2 Å². The van der Waals surface area contributed by atoms with Crippen molar-refractivity contribution >= 4 is 40.9 Å². The zero-order valence-corrected chi connectivity index (χ0v) is 13.9. The maximum absolute atomic E-state index is 12.2. The van der Waals surface area contributed by atoms with Crippen molar-refractivity contribution in [3.8, 4) is 6.07 Å². The summed E-state index contributed by atoms with van der Waals surface area (Å²) in [6, 6.07) is 14.3. The summed E-state index contributed by atoms with van der Waals surface area (Å²) in [5.74, 6) is -0.470. The van der Waals surface area contributed by atoms with Crippen LogP contribution in [0.2, 0.25) is 10.0 Å². The average Bonchev–Trinajstić information content (AvgIpc) is 2.56. The van der Waals surface area contributed by atoms with Crippen LogP contribution < -0.4 is 5.32 Å². The molecule has 2 aromatic rings. The second-order valence-corrected chi connectivity index (χ2v) is 5.66. The Balaban J connectivity index is 2.18. The van der Waals surface area contributed by atoms with E-state index >= 15 is 0 Å². The highest BCUT2D eigenvalue weighted by Crippen LogP contribution is 2.24. The van der Waals surface area contributed by atoms with Crippen LogP contribution in [-0.4, -0.2) is 5.91 Å². The molecule has 2 aromatic carbocycles. The minimum Gasteiger partial charge on any atom is -0.321 e. The standard InChI is InChI=1S/C18H14Cl2N2O/c1-2-12-3-6-15(7-4-12)22-18(23)14(11-21)9-13-5-8-16(19)17(20)10-13/h3-10H,2H2,1H3,(H,22,23)/b14-9+. The largest absolute Gasteiger partial charge is 0.321 e. The smallest absolute Gasteiger partial charge is 0.266 e. The molecule has 0 saturated heterocycles. The molecule has 0 heterocycles. The van der Waals surface area contributed by atoms with Gasteiger partial charge in [-0.15, -0.1) is 0 Å². The van der Waals surface area contributed by atoms with Crippen molar-refractivity contribution in [2.24, 2.45) is 0 Å². The molecule has 116 valence electrons. The predicted octanol–water partition coefficient (Wildman–Crippen LogP) is 5.10. The summed E-state index contributed by atoms with van der Waals surface area (Å²) in [7, 11) is 0. The Kier molecular flexibility index (Phi) is 5.81. The number of halogens is 2. The number of nitrogens with zero attached hydrogens (tertiary/aromatic N) is 1. The number of rotatable bonds is 4. The SMILES string of the molecule is CCc1ccc(NC(=O)/C(C#N)=C/c2ccc(Cl)c(Cl)c2)cc1. The van der Waals surface area contributed by atoms with Crippen molar-refractivity contribution in [1.82, 2.24) is 0 Å². The topological polar surface area (TPSA) is 52.9 Å². The minimum atomic E-state index is -0.470. The van der Waals surface area contributed by atoms with Crippen molar-refractivity contribution in [2.75, 3.05) is 5.32 Å². The van der Waals surface area contributed by atoms with Crippen molar-refractivity contribution < 1.29 is 4.79 Å². The molecule has 1 N–H and O–H groups in total. The number of benzene rings is 2. The molecule has 0 unspecified atom stereocenters. The highest BCUT2D eigenvalue weighted by atomic mass is 35.5. The van der Waals surface area contributed by atoms with Crippen molar-refractivity contribution in [3.05, 3.63) is 69.2 Å². The lowest BCUT2D eigenvalue weighted by molar-refractivity contribution is -0.112. The van der Waals surface area contributed by atoms with Gasteiger partial charge in [0.05, 0.1) is 10.0 Å². The zero-order chi connectivity index (χ0) is 16.8. The second-order valence-electron chi connectivity index (χ2n) is 4.85. The van der Waals surface area contributed by atoms with Crippen LogP contribution in [0.4, 0.5) is 5.69 Å². The molecular formula is C18H14Cl2N2O. The molecule has 0 atom stereocenters. The molecule has 0 aliphatic rings. The first-order valence-electron chi connectivity index (χ1n) is 7.00. The van der Waals surface area contributed by atoms with E-state index < -0.39 is 5.91 Å². The number of hydrogen-bond acceptors (Lipinski definition) is 2. The lowest BCUT2D eigenvalue weighted by atomic mass is 10.1. The monoisotopic (exact) mass is 344 g/mol. The number of amides is 1. The van der Waals surface area contributed by atoms with Gasteiger partial charge in [0.15, 0.2) is 0 Å². The Morgan fingerprint density at radius 2 is 1.87 bits per heavy atom. The van der Waals surface area contributed by atoms with Gasteiger partial charge in [-0.05, 0) is 47.9 Å². The van der Waals surface area contributed by atoms with Crippen LogP contribution in [0.25, 0.3) is 6.08 Å². The van der Waals surface area contributed by atoms with Gasteiger partial charge in [0.25, 0.3) is 5.91 Å². The van der Waals surface area contributed by atoms with Gasteiger partial charge in [0.2, 0.25) is 0 Å². The molecular weight excluding hydrogens is 331 g/mol. The van der Waals surface area contributed by atoms with E-state index in [0.717, 1.165) is 6.42 Å². The zero-order valence-electron chi connectivity index (χ0n) is 12.4. The third-order valence-electron chi connectivity index (χ3n) is 3.24. The number of aryl methyl sites for hydroxylation is 1. The lowest BCUT2D eigenvalue weighted by Gasteiger charge is -2.05. The van der Waals surface area contributed by atoms with E-state index in [1.807, 2.05) is 30.3 Å². The fraction of sp³-hybridized carbons (Fsp3) is 0.111. The molecule has 0 aromatic heterocycles. The van der Waals surface area contributed by atoms with Crippen molar-refractivity contribution in [2.45, 2.75) is 13.3 Å². The van der Waals surface area contributed by atoms with Crippen LogP contribution in [0.3, 0.4) is 0 Å². The molecule has 0 saturated carbocycles. The third kappa shape index (κ3) is 4.59. The normalized spacial score (nSPS) is 11.0. The molecule has 5 heteroatoms. The number of carbonyl (C=O) groups is 1. The summed E-state index contributed by atoms with van der Waals surface area (Å²) in [5, 5.41) is 12.7. The predicted molar refractivity (Wildman–Crippen MR) is 94.5 cm³/mol. The summed E-state index contributed by atoms with van der Waals surface area (Å²) < 4.78 is 0. The van der Waals surface area contributed by atoms with Gasteiger partial charge >= 0.3 is 0 Å². The summed E-state index contributed by atoms with van der Waals surface area (Å²) in [6.45, 7) is 2.06. The average molecular weight is 345 g/mol. The summed E-state index contributed by atoms with van der Waals surface area (Å²) in [6.07, 6.45) is 2.40. The van der Waals surface area contributed by atoms with Crippen LogP contribution in [0.5, 0.6) is 0 Å². The van der Waals surface area contributed by atoms with E-state index in [4.69, 9.17) is 23.2 Å². The van der Waals surface area contributed by atoms with Crippen LogP contribution in [0.1, 0.15) is 18.1 Å². The first-order chi connectivity index (χ1) is 11.0. The molecule has 0 bridgehead atoms. The molecule has 1 amide bonds. The van der Waals surface area contributed by atoms with Gasteiger partial charge in [-0.1, -0.05) is 48.3 Å². The van der Waals surface area contributed by atoms with Gasteiger partial charge in [0.1, 0.15) is 11.6 Å². The number of nitrogens with one attached hydrogen (secondary N) is 1. The van der Waals surface area contributed by atoms with E-state index in [1.165, 1.54) is 11.6 Å². The lowest BCUT2D eigenvalue weighted by Crippen LogP contribution is -2.13. The first-order valence-corrected chi connectivity index (χ1v) is 7.76. The minimum absolute atomic E-state index is 0.0112. The molecule has 3 nitrogen and oxygen atoms in total. The summed E-state index contributed by atoms with van der Waals surface area (Å²) in [4.78, 5) is 12.2. The van der Waals surface area contributed by atoms with Crippen LogP contribution in [0, 0.1) is 11.3 Å². The Morgan fingerprint density at radius 1 is 1.17 bits per heavy atom. The number of anilines is 1. The number of carbonyl (C=O) groups excluding carboxylic acids is 1. The van der Waals surface area contributed by atoms with Crippen LogP contribution in [-0.2, 0) is 11.2 Å². The van der Waals surface area contributed by atoms with Gasteiger partial charge in [0, 0.05) is 5.69 Å². The maximum Gasteiger partial charge on any atom is 0.266 e. The van der Waals surface area contributed by atoms with Crippen molar-refractivity contribution in [1.29, 1.82) is 5.26 Å². The Hall–Kier alpha value is -2.28. The van der Waals surface area contributed by atoms with E-state index in [9.17, 15) is 10.1 Å². The Morgan fingerprint density at radius 3 is 2.43 bits per heavy atom. The summed E-state index contributed by atoms with van der Waals surface area (Å²) >= 11 is 11.8. The molecule has 0 aliphatic carbocycles. The molecule has 0 fully saturated rings. The van der Waals surface area contributed by atoms with E-state index in [0.29, 0.717) is 21.3 Å². The molecule has 0 aliphatic heterocycles. The van der Waals surface area contributed by atoms with E-state index in [1.54, 1.807) is 18.2 Å². The fourth-order valence-electron chi connectivity index (χ4n) is 1.94. The number of hydrogen-bond donors (Lipinski definition) is 1. The second kappa shape index (κ2) is 7.82. The molecule has 0 radical (unpaired) electrons. The molecule has 23 heavy (non-hydrogen) atoms. The Bertz CT molecular complexity index is 790. The quantitative estimate of drug-likeness (QED) is 0.619. The van der Waals surface area contributed by atoms with Gasteiger partial charge < -0.3 is 5.32 Å². The third-order valence-corrected chi connectivity index (χ3v) is 3.98. The summed E-state index contributed by atoms with van der Waals surface area (Å²) in [5.41, 5.74) is 2.44. The van der Waals surface area contributed by atoms with E-state index in [-0.39, 0.29) is 5.57 Å². The molecule has 0 spiro atoms.